The van der Waals surface area contributed by atoms with Crippen molar-refractivity contribution < 1.29 is 82.1 Å². The van der Waals surface area contributed by atoms with Crippen LogP contribution in [0.25, 0.3) is 0 Å². The van der Waals surface area contributed by atoms with Crippen molar-refractivity contribution >= 4 is 5.97 Å². The minimum absolute atomic E-state index is 0. The smallest absolute Gasteiger partial charge is 0.479 e. The van der Waals surface area contributed by atoms with Crippen LogP contribution in [0.1, 0.15) is 0 Å². The summed E-state index contributed by atoms with van der Waals surface area (Å²) in [6, 6.07) is 0. The quantitative estimate of drug-likeness (QED) is 0.274. The molecule has 0 heterocycles. The van der Waals surface area contributed by atoms with Crippen LogP contribution in [-0.4, -0.2) is 67.6 Å². The van der Waals surface area contributed by atoms with Crippen LogP contribution < -0.4 is 29.6 Å². The molecule has 6 N–H and O–H groups in total. The van der Waals surface area contributed by atoms with Gasteiger partial charge in [0.25, 0.3) is 0 Å². The Morgan fingerprint density at radius 3 is 1.73 bits per heavy atom. The molecule has 0 bridgehead atoms. The van der Waals surface area contributed by atoms with Crippen LogP contribution in [0.15, 0.2) is 0 Å². The third-order valence-electron chi connectivity index (χ3n) is 1.51. The Hall–Kier alpha value is 0.789. The van der Waals surface area contributed by atoms with Crippen molar-refractivity contribution in [2.24, 2.45) is 0 Å². The van der Waals surface area contributed by atoms with Gasteiger partial charge in [-0.2, -0.15) is 0 Å². The summed E-state index contributed by atoms with van der Waals surface area (Å²) in [6.45, 7) is -0.843. The molecule has 0 aliphatic heterocycles. The van der Waals surface area contributed by atoms with Crippen molar-refractivity contribution in [3.8, 4) is 0 Å². The van der Waals surface area contributed by atoms with E-state index < -0.39 is 37.0 Å². The fourth-order valence-electron chi connectivity index (χ4n) is 0.668. The van der Waals surface area contributed by atoms with Crippen LogP contribution in [-0.2, 0) is 21.9 Å². The Kier molecular flexibility index (Phi) is 14.0. The molecule has 0 rings (SSSR count). The van der Waals surface area contributed by atoms with Crippen LogP contribution in [0, 0.1) is 0 Å². The summed E-state index contributed by atoms with van der Waals surface area (Å²) >= 11 is 0. The summed E-state index contributed by atoms with van der Waals surface area (Å²) in [5.74, 6) is -1.73. The third kappa shape index (κ3) is 6.85. The van der Waals surface area contributed by atoms with Gasteiger partial charge in [-0.3, -0.25) is 0 Å². The number of hydrogen-bond donors (Lipinski definition) is 6. The Morgan fingerprint density at radius 2 is 1.47 bits per heavy atom. The molecule has 0 aromatic heterocycles. The molecule has 0 aromatic rings. The maximum absolute atomic E-state index is 10.1. The number of carboxylic acid groups (broad SMARTS) is 1. The Balaban J connectivity index is -0.000000720. The van der Waals surface area contributed by atoms with E-state index in [4.69, 9.17) is 30.6 Å². The van der Waals surface area contributed by atoms with E-state index in [9.17, 15) is 4.79 Å². The molecule has 84 valence electrons. The van der Waals surface area contributed by atoms with Gasteiger partial charge in [-0.1, -0.05) is 0 Å². The molecule has 0 aliphatic rings. The fraction of sp³-hybridized carbons (Fsp3) is 0.833. The van der Waals surface area contributed by atoms with E-state index in [0.29, 0.717) is 0 Å². The molecule has 0 spiro atoms. The summed E-state index contributed by atoms with van der Waals surface area (Å²) < 4.78 is 0. The van der Waals surface area contributed by atoms with E-state index in [2.05, 4.69) is 0 Å². The molecule has 0 aliphatic carbocycles. The van der Waals surface area contributed by atoms with Gasteiger partial charge in [0.15, 0.2) is 6.10 Å². The first-order chi connectivity index (χ1) is 5.91. The molecule has 0 aromatic carbocycles. The number of aliphatic hydroxyl groups is 5. The minimum atomic E-state index is -2.20. The molecule has 4 atom stereocenters. The predicted molar refractivity (Wildman–Crippen MR) is 38.7 cm³/mol. The maximum Gasteiger partial charge on any atom is 2.00 e. The average Bonchev–Trinajstić information content (AvgIpc) is 2.12. The first-order valence-corrected chi connectivity index (χ1v) is 3.47. The molecular weight excluding hydrogens is 263 g/mol. The zero-order valence-electron chi connectivity index (χ0n) is 7.96. The molecule has 0 radical (unpaired) electrons. The molecule has 7 nitrogen and oxygen atoms in total. The van der Waals surface area contributed by atoms with Gasteiger partial charge in [0, 0.05) is 0 Å². The largest absolute Gasteiger partial charge is 2.00 e. The summed E-state index contributed by atoms with van der Waals surface area (Å²) in [5.41, 5.74) is 0. The van der Waals surface area contributed by atoms with E-state index in [1.807, 2.05) is 0 Å². The predicted octanol–water partition coefficient (Wildman–Crippen LogP) is -6.49. The van der Waals surface area contributed by atoms with Gasteiger partial charge in [0.05, 0.1) is 6.61 Å². The zero-order valence-corrected chi connectivity index (χ0v) is 11.1. The zero-order chi connectivity index (χ0) is 10.6. The summed E-state index contributed by atoms with van der Waals surface area (Å²) in [7, 11) is 0. The Bertz CT molecular complexity index is 181. The van der Waals surface area contributed by atoms with Crippen molar-refractivity contribution in [1.82, 2.24) is 0 Å². The minimum Gasteiger partial charge on any atom is -0.479 e. The van der Waals surface area contributed by atoms with E-state index in [0.717, 1.165) is 0 Å². The molecule has 0 unspecified atom stereocenters. The third-order valence-corrected chi connectivity index (χ3v) is 1.51. The standard InChI is InChI=1S/C6H12O7.Fe.Na/c7-1-2(8)3(9)4(10)5(11)6(12)13;;/h2-5,7-11H,1H2,(H,12,13);;/q;+2;+1/t2-,3+,4+,5+;;/m0../s1. The number of aliphatic carboxylic acids is 1. The van der Waals surface area contributed by atoms with Gasteiger partial charge in [0.2, 0.25) is 0 Å². The number of rotatable bonds is 5. The topological polar surface area (TPSA) is 138 Å². The number of carbonyl (C=O) groups is 1. The van der Waals surface area contributed by atoms with Crippen molar-refractivity contribution in [1.29, 1.82) is 0 Å². The van der Waals surface area contributed by atoms with Crippen molar-refractivity contribution in [2.45, 2.75) is 24.4 Å². The van der Waals surface area contributed by atoms with Crippen LogP contribution in [0.3, 0.4) is 0 Å². The van der Waals surface area contributed by atoms with Crippen LogP contribution >= 0.6 is 0 Å². The Morgan fingerprint density at radius 1 is 1.07 bits per heavy atom. The second-order valence-electron chi connectivity index (χ2n) is 2.51. The van der Waals surface area contributed by atoms with Gasteiger partial charge in [-0.05, 0) is 0 Å². The number of carboxylic acids is 1. The van der Waals surface area contributed by atoms with Gasteiger partial charge >= 0.3 is 52.6 Å². The first kappa shape index (κ1) is 21.1. The van der Waals surface area contributed by atoms with Crippen molar-refractivity contribution in [3.05, 3.63) is 0 Å². The number of hydrogen-bond acceptors (Lipinski definition) is 6. The van der Waals surface area contributed by atoms with Gasteiger partial charge in [-0.15, -0.1) is 0 Å². The normalized spacial score (nSPS) is 17.7. The molecule has 0 fully saturated rings. The number of aliphatic hydroxyl groups excluding tert-OH is 5. The molecule has 15 heavy (non-hydrogen) atoms. The summed E-state index contributed by atoms with van der Waals surface area (Å²) in [6.07, 6.45) is -7.84. The molecule has 0 amide bonds. The van der Waals surface area contributed by atoms with Crippen LogP contribution in [0.5, 0.6) is 0 Å². The molecular formula is C6H12FeNaO7+3. The summed E-state index contributed by atoms with van der Waals surface area (Å²) in [5, 5.41) is 51.8. The van der Waals surface area contributed by atoms with E-state index in [1.165, 1.54) is 0 Å². The maximum atomic E-state index is 10.1. The average molecular weight is 275 g/mol. The second kappa shape index (κ2) is 9.98. The van der Waals surface area contributed by atoms with Crippen molar-refractivity contribution in [2.75, 3.05) is 6.61 Å². The molecule has 0 saturated heterocycles. The second-order valence-corrected chi connectivity index (χ2v) is 2.51. The molecule has 9 heteroatoms. The SMILES string of the molecule is O=C(O)[C@H](O)[C@H](O)[C@H](O)[C@@H](O)CO.[Fe+2].[Na+]. The van der Waals surface area contributed by atoms with Gasteiger partial charge in [0.1, 0.15) is 18.3 Å². The molecule has 0 saturated carbocycles. The first-order valence-electron chi connectivity index (χ1n) is 3.47. The fourth-order valence-corrected chi connectivity index (χ4v) is 0.668. The summed E-state index contributed by atoms with van der Waals surface area (Å²) in [4.78, 5) is 10.1. The van der Waals surface area contributed by atoms with Crippen molar-refractivity contribution in [3.63, 3.8) is 0 Å². The van der Waals surface area contributed by atoms with E-state index >= 15 is 0 Å². The van der Waals surface area contributed by atoms with Gasteiger partial charge < -0.3 is 30.6 Å². The van der Waals surface area contributed by atoms with Crippen LogP contribution in [0.2, 0.25) is 0 Å². The Labute approximate surface area is 118 Å². The van der Waals surface area contributed by atoms with E-state index in [1.54, 1.807) is 0 Å². The monoisotopic (exact) mass is 275 g/mol. The van der Waals surface area contributed by atoms with Crippen LogP contribution in [0.4, 0.5) is 0 Å². The van der Waals surface area contributed by atoms with E-state index in [-0.39, 0.29) is 46.6 Å². The van der Waals surface area contributed by atoms with Gasteiger partial charge in [-0.25, -0.2) is 4.79 Å².